The SMILES string of the molecule is CC(=O)CC1CC1C#Cc1ccc(C(=O)NC(C(N)=O)C(C)C(F)F)cc1. The number of rotatable bonds is 7. The van der Waals surface area contributed by atoms with Crippen molar-refractivity contribution in [3.8, 4) is 11.8 Å². The van der Waals surface area contributed by atoms with E-state index in [0.717, 1.165) is 13.3 Å². The number of Topliss-reactive ketones (excluding diaryl/α,β-unsaturated/α-hetero) is 1. The van der Waals surface area contributed by atoms with Crippen LogP contribution in [0.25, 0.3) is 0 Å². The number of halogens is 2. The van der Waals surface area contributed by atoms with Crippen LogP contribution in [0.4, 0.5) is 8.78 Å². The number of carbonyl (C=O) groups is 3. The van der Waals surface area contributed by atoms with E-state index in [1.807, 2.05) is 0 Å². The van der Waals surface area contributed by atoms with Crippen LogP contribution in [-0.4, -0.2) is 30.1 Å². The van der Waals surface area contributed by atoms with Gasteiger partial charge in [0.05, 0.1) is 0 Å². The van der Waals surface area contributed by atoms with Crippen LogP contribution in [0.1, 0.15) is 42.6 Å². The summed E-state index contributed by atoms with van der Waals surface area (Å²) in [5.74, 6) is 3.77. The van der Waals surface area contributed by atoms with Crippen molar-refractivity contribution < 1.29 is 23.2 Å². The van der Waals surface area contributed by atoms with Crippen LogP contribution >= 0.6 is 0 Å². The van der Waals surface area contributed by atoms with Gasteiger partial charge in [0.15, 0.2) is 0 Å². The van der Waals surface area contributed by atoms with E-state index in [1.165, 1.54) is 12.1 Å². The van der Waals surface area contributed by atoms with E-state index in [4.69, 9.17) is 5.73 Å². The highest BCUT2D eigenvalue weighted by atomic mass is 19.3. The molecule has 0 aliphatic heterocycles. The number of hydrogen-bond donors (Lipinski definition) is 2. The molecule has 1 aromatic rings. The number of nitrogens with two attached hydrogens (primary N) is 1. The minimum Gasteiger partial charge on any atom is -0.368 e. The number of primary amides is 1. The normalized spacial score (nSPS) is 20.2. The standard InChI is InChI=1S/C20H22F2N2O3/c1-11(25)9-16-10-15(16)8-5-13-3-6-14(7-4-13)20(27)24-17(19(23)26)12(2)18(21)22/h3-4,6-7,12,15-18H,9-10H2,1-2H3,(H2,23,26)(H,24,27). The van der Waals surface area contributed by atoms with Crippen LogP contribution in [0.2, 0.25) is 0 Å². The van der Waals surface area contributed by atoms with Crippen molar-refractivity contribution in [2.24, 2.45) is 23.5 Å². The zero-order valence-electron chi connectivity index (χ0n) is 15.2. The Labute approximate surface area is 156 Å². The van der Waals surface area contributed by atoms with E-state index < -0.39 is 30.2 Å². The first-order chi connectivity index (χ1) is 12.7. The minimum atomic E-state index is -2.78. The Hall–Kier alpha value is -2.75. The summed E-state index contributed by atoms with van der Waals surface area (Å²) in [4.78, 5) is 34.6. The van der Waals surface area contributed by atoms with Gasteiger partial charge in [-0.3, -0.25) is 9.59 Å². The molecule has 7 heteroatoms. The maximum atomic E-state index is 12.8. The Morgan fingerprint density at radius 1 is 1.26 bits per heavy atom. The highest BCUT2D eigenvalue weighted by molar-refractivity contribution is 5.97. The second-order valence-corrected chi connectivity index (χ2v) is 6.90. The zero-order valence-corrected chi connectivity index (χ0v) is 15.2. The molecular formula is C20H22F2N2O3. The van der Waals surface area contributed by atoms with Crippen LogP contribution in [-0.2, 0) is 9.59 Å². The van der Waals surface area contributed by atoms with Crippen molar-refractivity contribution in [2.45, 2.75) is 39.2 Å². The van der Waals surface area contributed by atoms with E-state index in [1.54, 1.807) is 19.1 Å². The van der Waals surface area contributed by atoms with Crippen LogP contribution in [0.3, 0.4) is 0 Å². The van der Waals surface area contributed by atoms with Crippen molar-refractivity contribution in [3.05, 3.63) is 35.4 Å². The molecule has 2 rings (SSSR count). The number of hydrogen-bond acceptors (Lipinski definition) is 3. The summed E-state index contributed by atoms with van der Waals surface area (Å²) >= 11 is 0. The van der Waals surface area contributed by atoms with Gasteiger partial charge in [-0.25, -0.2) is 8.78 Å². The third kappa shape index (κ3) is 5.88. The predicted octanol–water partition coefficient (Wildman–Crippen LogP) is 2.14. The summed E-state index contributed by atoms with van der Waals surface area (Å²) < 4.78 is 25.6. The topological polar surface area (TPSA) is 89.3 Å². The molecule has 3 N–H and O–H groups in total. The molecule has 0 bridgehead atoms. The van der Waals surface area contributed by atoms with Gasteiger partial charge in [-0.15, -0.1) is 0 Å². The van der Waals surface area contributed by atoms with Gasteiger partial charge in [-0.05, 0) is 43.5 Å². The second-order valence-electron chi connectivity index (χ2n) is 6.90. The maximum Gasteiger partial charge on any atom is 0.251 e. The van der Waals surface area contributed by atoms with Gasteiger partial charge >= 0.3 is 0 Å². The number of alkyl halides is 2. The third-order valence-electron chi connectivity index (χ3n) is 4.54. The number of nitrogens with one attached hydrogen (secondary N) is 1. The molecule has 4 atom stereocenters. The average molecular weight is 376 g/mol. The van der Waals surface area contributed by atoms with Crippen LogP contribution in [0.15, 0.2) is 24.3 Å². The molecule has 0 spiro atoms. The number of ketones is 1. The van der Waals surface area contributed by atoms with E-state index in [9.17, 15) is 23.2 Å². The summed E-state index contributed by atoms with van der Waals surface area (Å²) in [5, 5.41) is 2.26. The van der Waals surface area contributed by atoms with Gasteiger partial charge in [0, 0.05) is 29.4 Å². The lowest BCUT2D eigenvalue weighted by molar-refractivity contribution is -0.122. The number of amides is 2. The second kappa shape index (κ2) is 8.76. The number of benzene rings is 1. The summed E-state index contributed by atoms with van der Waals surface area (Å²) in [6.45, 7) is 2.72. The molecule has 0 aromatic heterocycles. The van der Waals surface area contributed by atoms with Crippen LogP contribution in [0.5, 0.6) is 0 Å². The fraction of sp³-hybridized carbons (Fsp3) is 0.450. The molecule has 5 nitrogen and oxygen atoms in total. The van der Waals surface area contributed by atoms with E-state index in [0.29, 0.717) is 17.9 Å². The minimum absolute atomic E-state index is 0.162. The molecule has 1 aromatic carbocycles. The fourth-order valence-corrected chi connectivity index (χ4v) is 2.73. The molecule has 2 amide bonds. The largest absolute Gasteiger partial charge is 0.368 e. The van der Waals surface area contributed by atoms with Gasteiger partial charge in [-0.2, -0.15) is 0 Å². The smallest absolute Gasteiger partial charge is 0.251 e. The van der Waals surface area contributed by atoms with Crippen molar-refractivity contribution in [3.63, 3.8) is 0 Å². The first-order valence-electron chi connectivity index (χ1n) is 8.68. The monoisotopic (exact) mass is 376 g/mol. The highest BCUT2D eigenvalue weighted by Crippen LogP contribution is 2.40. The fourth-order valence-electron chi connectivity index (χ4n) is 2.73. The van der Waals surface area contributed by atoms with Crippen molar-refractivity contribution in [1.29, 1.82) is 0 Å². The molecule has 1 aliphatic rings. The van der Waals surface area contributed by atoms with Crippen LogP contribution in [0, 0.1) is 29.6 Å². The summed E-state index contributed by atoms with van der Waals surface area (Å²) in [7, 11) is 0. The first-order valence-corrected chi connectivity index (χ1v) is 8.68. The van der Waals surface area contributed by atoms with Crippen molar-refractivity contribution in [2.75, 3.05) is 0 Å². The van der Waals surface area contributed by atoms with E-state index in [2.05, 4.69) is 17.2 Å². The molecule has 1 aliphatic carbocycles. The Morgan fingerprint density at radius 2 is 1.89 bits per heavy atom. The molecule has 0 heterocycles. The van der Waals surface area contributed by atoms with Gasteiger partial charge in [-0.1, -0.05) is 18.8 Å². The van der Waals surface area contributed by atoms with Gasteiger partial charge in [0.2, 0.25) is 12.3 Å². The molecular weight excluding hydrogens is 354 g/mol. The lowest BCUT2D eigenvalue weighted by Crippen LogP contribution is -2.50. The average Bonchev–Trinajstić information content (AvgIpc) is 3.34. The van der Waals surface area contributed by atoms with Crippen molar-refractivity contribution in [1.82, 2.24) is 5.32 Å². The van der Waals surface area contributed by atoms with Gasteiger partial charge in [0.25, 0.3) is 5.91 Å². The first kappa shape index (κ1) is 20.6. The predicted molar refractivity (Wildman–Crippen MR) is 95.8 cm³/mol. The lowest BCUT2D eigenvalue weighted by atomic mass is 10.0. The molecule has 144 valence electrons. The molecule has 1 saturated carbocycles. The molecule has 0 radical (unpaired) electrons. The maximum absolute atomic E-state index is 12.8. The van der Waals surface area contributed by atoms with Crippen molar-refractivity contribution >= 4 is 17.6 Å². The Kier molecular flexibility index (Phi) is 6.67. The van der Waals surface area contributed by atoms with E-state index >= 15 is 0 Å². The van der Waals surface area contributed by atoms with Gasteiger partial charge < -0.3 is 15.8 Å². The summed E-state index contributed by atoms with van der Waals surface area (Å²) in [6.07, 6.45) is -1.31. The summed E-state index contributed by atoms with van der Waals surface area (Å²) in [6, 6.07) is 4.83. The van der Waals surface area contributed by atoms with Crippen LogP contribution < -0.4 is 11.1 Å². The van der Waals surface area contributed by atoms with Gasteiger partial charge in [0.1, 0.15) is 11.8 Å². The highest BCUT2D eigenvalue weighted by Gasteiger charge is 2.36. The zero-order chi connectivity index (χ0) is 20.1. The lowest BCUT2D eigenvalue weighted by Gasteiger charge is -2.21. The Morgan fingerprint density at radius 3 is 2.41 bits per heavy atom. The molecule has 27 heavy (non-hydrogen) atoms. The third-order valence-corrected chi connectivity index (χ3v) is 4.54. The van der Waals surface area contributed by atoms with E-state index in [-0.39, 0.29) is 17.3 Å². The summed E-state index contributed by atoms with van der Waals surface area (Å²) in [5.41, 5.74) is 6.03. The Bertz CT molecular complexity index is 781. The Balaban J connectivity index is 1.97. The molecule has 4 unspecified atom stereocenters. The molecule has 1 fully saturated rings. The molecule has 0 saturated heterocycles. The quantitative estimate of drug-likeness (QED) is 0.715. The number of carbonyl (C=O) groups excluding carboxylic acids is 3.